The van der Waals surface area contributed by atoms with Crippen LogP contribution >= 0.6 is 0 Å². The molecule has 0 atom stereocenters. The van der Waals surface area contributed by atoms with Crippen LogP contribution in [0.3, 0.4) is 0 Å². The minimum atomic E-state index is -1.30. The highest BCUT2D eigenvalue weighted by Crippen LogP contribution is 2.31. The first-order valence-corrected chi connectivity index (χ1v) is 9.08. The maximum Gasteiger partial charge on any atom is 0.337 e. The van der Waals surface area contributed by atoms with Crippen molar-refractivity contribution < 1.29 is 19.8 Å². The van der Waals surface area contributed by atoms with Crippen LogP contribution in [0.4, 0.5) is 0 Å². The van der Waals surface area contributed by atoms with Gasteiger partial charge in [-0.2, -0.15) is 0 Å². The SMILES string of the molecule is Cc1ccc(/C=C(/C(=O)O)C(C(=O)O)=C(c2ccccc2)c2ccccc2)cc1. The molecule has 0 radical (unpaired) electrons. The molecule has 0 spiro atoms. The molecule has 0 amide bonds. The Bertz CT molecular complexity index is 1040. The maximum atomic E-state index is 12.3. The molecule has 0 aliphatic heterocycles. The Morgan fingerprint density at radius 1 is 0.690 bits per heavy atom. The number of carboxylic acid groups (broad SMARTS) is 2. The first kappa shape index (κ1) is 19.8. The van der Waals surface area contributed by atoms with E-state index in [1.807, 2.05) is 31.2 Å². The molecular formula is C25H20O4. The normalized spacial score (nSPS) is 11.0. The third kappa shape index (κ3) is 4.68. The molecule has 0 saturated carbocycles. The van der Waals surface area contributed by atoms with Crippen molar-refractivity contribution in [1.82, 2.24) is 0 Å². The molecule has 3 aromatic carbocycles. The largest absolute Gasteiger partial charge is 0.478 e. The van der Waals surface area contributed by atoms with Gasteiger partial charge in [-0.25, -0.2) is 9.59 Å². The van der Waals surface area contributed by atoms with Gasteiger partial charge in [0.2, 0.25) is 0 Å². The summed E-state index contributed by atoms with van der Waals surface area (Å²) in [5.74, 6) is -2.60. The average Bonchev–Trinajstić information content (AvgIpc) is 2.73. The molecule has 4 nitrogen and oxygen atoms in total. The molecule has 2 N–H and O–H groups in total. The molecule has 29 heavy (non-hydrogen) atoms. The Balaban J connectivity index is 2.34. The van der Waals surface area contributed by atoms with E-state index in [9.17, 15) is 19.8 Å². The number of benzene rings is 3. The van der Waals surface area contributed by atoms with E-state index in [0.29, 0.717) is 22.3 Å². The Morgan fingerprint density at radius 3 is 1.59 bits per heavy atom. The number of hydrogen-bond donors (Lipinski definition) is 2. The highest BCUT2D eigenvalue weighted by Gasteiger charge is 2.26. The number of hydrogen-bond acceptors (Lipinski definition) is 2. The summed E-state index contributed by atoms with van der Waals surface area (Å²) in [5.41, 5.74) is 2.74. The fraction of sp³-hybridized carbons (Fsp3) is 0.0400. The van der Waals surface area contributed by atoms with E-state index in [0.717, 1.165) is 5.56 Å². The lowest BCUT2D eigenvalue weighted by Crippen LogP contribution is -2.14. The topological polar surface area (TPSA) is 74.6 Å². The molecule has 3 aromatic rings. The lowest BCUT2D eigenvalue weighted by molar-refractivity contribution is -0.136. The van der Waals surface area contributed by atoms with Gasteiger partial charge in [0.25, 0.3) is 0 Å². The van der Waals surface area contributed by atoms with Crippen LogP contribution in [0.2, 0.25) is 0 Å². The zero-order valence-corrected chi connectivity index (χ0v) is 15.9. The van der Waals surface area contributed by atoms with Crippen molar-refractivity contribution in [3.8, 4) is 0 Å². The molecule has 0 aromatic heterocycles. The van der Waals surface area contributed by atoms with E-state index in [-0.39, 0.29) is 11.1 Å². The van der Waals surface area contributed by atoms with Crippen LogP contribution in [0.15, 0.2) is 96.1 Å². The van der Waals surface area contributed by atoms with Crippen molar-refractivity contribution in [2.75, 3.05) is 0 Å². The molecule has 0 saturated heterocycles. The first-order valence-electron chi connectivity index (χ1n) is 9.08. The van der Waals surface area contributed by atoms with Gasteiger partial charge < -0.3 is 10.2 Å². The standard InChI is InChI=1S/C25H20O4/c1-17-12-14-18(15-13-17)16-21(24(26)27)23(25(28)29)22(19-8-4-2-5-9-19)20-10-6-3-7-11-20/h2-16H,1H3,(H,26,27)(H,28,29)/b21-16+. The zero-order valence-electron chi connectivity index (χ0n) is 15.9. The third-order valence-corrected chi connectivity index (χ3v) is 4.48. The molecule has 144 valence electrons. The smallest absolute Gasteiger partial charge is 0.337 e. The summed E-state index contributed by atoms with van der Waals surface area (Å²) in [4.78, 5) is 24.4. The second kappa shape index (κ2) is 8.85. The van der Waals surface area contributed by atoms with Crippen LogP contribution in [0.1, 0.15) is 22.3 Å². The summed E-state index contributed by atoms with van der Waals surface area (Å²) in [5, 5.41) is 19.9. The molecule has 3 rings (SSSR count). The van der Waals surface area contributed by atoms with Crippen molar-refractivity contribution in [2.45, 2.75) is 6.92 Å². The second-order valence-electron chi connectivity index (χ2n) is 6.56. The molecule has 0 heterocycles. The van der Waals surface area contributed by atoms with Crippen molar-refractivity contribution in [2.24, 2.45) is 0 Å². The van der Waals surface area contributed by atoms with E-state index >= 15 is 0 Å². The van der Waals surface area contributed by atoms with Gasteiger partial charge in [-0.1, -0.05) is 90.5 Å². The molecular weight excluding hydrogens is 364 g/mol. The molecule has 0 fully saturated rings. The number of carbonyl (C=O) groups is 2. The predicted molar refractivity (Wildman–Crippen MR) is 113 cm³/mol. The number of aliphatic carboxylic acids is 2. The Morgan fingerprint density at radius 2 is 1.17 bits per heavy atom. The molecule has 0 bridgehead atoms. The molecule has 0 aliphatic carbocycles. The van der Waals surface area contributed by atoms with Crippen LogP contribution in [0.25, 0.3) is 11.6 Å². The lowest BCUT2D eigenvalue weighted by Gasteiger charge is -2.15. The van der Waals surface area contributed by atoms with Crippen LogP contribution in [0, 0.1) is 6.92 Å². The van der Waals surface area contributed by atoms with E-state index < -0.39 is 11.9 Å². The highest BCUT2D eigenvalue weighted by atomic mass is 16.4. The van der Waals surface area contributed by atoms with Crippen LogP contribution in [0.5, 0.6) is 0 Å². The number of carboxylic acids is 2. The summed E-state index contributed by atoms with van der Waals surface area (Å²) in [6, 6.07) is 25.2. The maximum absolute atomic E-state index is 12.3. The summed E-state index contributed by atoms with van der Waals surface area (Å²) in [7, 11) is 0. The van der Waals surface area contributed by atoms with Gasteiger partial charge in [0.1, 0.15) is 0 Å². The van der Waals surface area contributed by atoms with Crippen molar-refractivity contribution in [1.29, 1.82) is 0 Å². The predicted octanol–water partition coefficient (Wildman–Crippen LogP) is 5.05. The third-order valence-electron chi connectivity index (χ3n) is 4.48. The van der Waals surface area contributed by atoms with Gasteiger partial charge in [-0.3, -0.25) is 0 Å². The molecule has 0 unspecified atom stereocenters. The average molecular weight is 384 g/mol. The number of aryl methyl sites for hydroxylation is 1. The monoisotopic (exact) mass is 384 g/mol. The summed E-state index contributed by atoms with van der Waals surface area (Å²) >= 11 is 0. The summed E-state index contributed by atoms with van der Waals surface area (Å²) < 4.78 is 0. The van der Waals surface area contributed by atoms with Gasteiger partial charge in [-0.05, 0) is 29.7 Å². The summed E-state index contributed by atoms with van der Waals surface area (Å²) in [6.07, 6.45) is 1.40. The Hall–Kier alpha value is -3.92. The molecule has 0 aliphatic rings. The van der Waals surface area contributed by atoms with Gasteiger partial charge in [-0.15, -0.1) is 0 Å². The quantitative estimate of drug-likeness (QED) is 0.461. The Kier molecular flexibility index (Phi) is 6.05. The van der Waals surface area contributed by atoms with Crippen molar-refractivity contribution in [3.63, 3.8) is 0 Å². The van der Waals surface area contributed by atoms with Crippen molar-refractivity contribution >= 4 is 23.6 Å². The van der Waals surface area contributed by atoms with Crippen LogP contribution in [-0.2, 0) is 9.59 Å². The van der Waals surface area contributed by atoms with Crippen molar-refractivity contribution in [3.05, 3.63) is 118 Å². The fourth-order valence-corrected chi connectivity index (χ4v) is 3.09. The van der Waals surface area contributed by atoms with Gasteiger partial charge >= 0.3 is 11.9 Å². The van der Waals surface area contributed by atoms with E-state index in [1.54, 1.807) is 60.7 Å². The van der Waals surface area contributed by atoms with E-state index in [1.165, 1.54) is 6.08 Å². The lowest BCUT2D eigenvalue weighted by atomic mass is 9.88. The fourth-order valence-electron chi connectivity index (χ4n) is 3.09. The van der Waals surface area contributed by atoms with Crippen LogP contribution < -0.4 is 0 Å². The zero-order chi connectivity index (χ0) is 20.8. The van der Waals surface area contributed by atoms with Crippen LogP contribution in [-0.4, -0.2) is 22.2 Å². The highest BCUT2D eigenvalue weighted by molar-refractivity contribution is 6.15. The second-order valence-corrected chi connectivity index (χ2v) is 6.56. The Labute approximate surface area is 169 Å². The van der Waals surface area contributed by atoms with Gasteiger partial charge in [0.05, 0.1) is 11.1 Å². The molecule has 4 heteroatoms. The first-order chi connectivity index (χ1) is 14.0. The minimum absolute atomic E-state index is 0.254. The number of rotatable bonds is 6. The van der Waals surface area contributed by atoms with E-state index in [4.69, 9.17) is 0 Å². The van der Waals surface area contributed by atoms with E-state index in [2.05, 4.69) is 0 Å². The summed E-state index contributed by atoms with van der Waals surface area (Å²) in [6.45, 7) is 1.93. The van der Waals surface area contributed by atoms with Gasteiger partial charge in [0.15, 0.2) is 0 Å². The minimum Gasteiger partial charge on any atom is -0.478 e. The van der Waals surface area contributed by atoms with Gasteiger partial charge in [0, 0.05) is 5.57 Å².